The molecule has 2 N–H and O–H groups in total. The van der Waals surface area contributed by atoms with Gasteiger partial charge < -0.3 is 20.1 Å². The van der Waals surface area contributed by atoms with Gasteiger partial charge in [-0.25, -0.2) is 9.36 Å². The highest BCUT2D eigenvalue weighted by molar-refractivity contribution is 6.07. The quantitative estimate of drug-likeness (QED) is 0.400. The summed E-state index contributed by atoms with van der Waals surface area (Å²) in [6.07, 6.45) is -3.89. The van der Waals surface area contributed by atoms with Crippen LogP contribution in [0.4, 0.5) is 24.7 Å². The van der Waals surface area contributed by atoms with Gasteiger partial charge in [0.05, 0.1) is 23.6 Å². The van der Waals surface area contributed by atoms with E-state index in [1.165, 1.54) is 4.68 Å². The zero-order chi connectivity index (χ0) is 27.5. The van der Waals surface area contributed by atoms with Gasteiger partial charge in [0.15, 0.2) is 17.5 Å². The number of rotatable bonds is 4. The molecule has 2 aromatic heterocycles. The Labute approximate surface area is 219 Å². The van der Waals surface area contributed by atoms with Crippen molar-refractivity contribution in [1.82, 2.24) is 19.1 Å². The minimum Gasteiger partial charge on any atom is -0.454 e. The number of carbonyl (C=O) groups excluding carboxylic acids is 1. The summed E-state index contributed by atoms with van der Waals surface area (Å²) in [6.45, 7) is 1.70. The van der Waals surface area contributed by atoms with E-state index in [2.05, 4.69) is 15.7 Å². The first-order valence-corrected chi connectivity index (χ1v) is 12.1. The Bertz CT molecular complexity index is 1640. The largest absolute Gasteiger partial charge is 0.454 e. The molecule has 39 heavy (non-hydrogen) atoms. The lowest BCUT2D eigenvalue weighted by atomic mass is 9.96. The number of carbonyl (C=O) groups is 1. The Kier molecular flexibility index (Phi) is 5.66. The molecule has 2 aliphatic rings. The number of amides is 1. The van der Waals surface area contributed by atoms with Crippen LogP contribution in [0, 0.1) is 6.92 Å². The van der Waals surface area contributed by atoms with Crippen molar-refractivity contribution < 1.29 is 27.4 Å². The van der Waals surface area contributed by atoms with Crippen LogP contribution in [0.3, 0.4) is 0 Å². The lowest BCUT2D eigenvalue weighted by Gasteiger charge is -2.34. The number of para-hydroxylation sites is 1. The number of hydrogen-bond acceptors (Lipinski definition) is 6. The minimum atomic E-state index is -4.62. The third kappa shape index (κ3) is 4.10. The van der Waals surface area contributed by atoms with Gasteiger partial charge in [-0.05, 0) is 36.8 Å². The van der Waals surface area contributed by atoms with E-state index in [1.54, 1.807) is 61.1 Å². The summed E-state index contributed by atoms with van der Waals surface area (Å²) < 4.78 is 56.8. The molecule has 1 amide bonds. The molecule has 10 nitrogen and oxygen atoms in total. The zero-order valence-corrected chi connectivity index (χ0v) is 20.8. The third-order valence-corrected chi connectivity index (χ3v) is 7.07. The maximum atomic E-state index is 14.1. The molecular weight excluding hydrogens is 517 g/mol. The molecule has 4 heterocycles. The van der Waals surface area contributed by atoms with E-state index in [4.69, 9.17) is 9.47 Å². The molecule has 2 atom stereocenters. The fourth-order valence-corrected chi connectivity index (χ4v) is 4.97. The Morgan fingerprint density at radius 1 is 1.13 bits per heavy atom. The molecule has 0 spiro atoms. The van der Waals surface area contributed by atoms with Crippen LogP contribution < -0.4 is 25.7 Å². The second-order valence-corrected chi connectivity index (χ2v) is 9.34. The molecule has 0 bridgehead atoms. The Balaban J connectivity index is 1.35. The first-order chi connectivity index (χ1) is 18.6. The summed E-state index contributed by atoms with van der Waals surface area (Å²) in [6, 6.07) is 11.0. The number of aromatic nitrogens is 4. The van der Waals surface area contributed by atoms with E-state index in [0.29, 0.717) is 28.4 Å². The molecule has 0 saturated carbocycles. The Hall–Kier alpha value is -4.68. The first-order valence-electron chi connectivity index (χ1n) is 12.1. The van der Waals surface area contributed by atoms with Gasteiger partial charge in [0.25, 0.3) is 11.5 Å². The van der Waals surface area contributed by atoms with Crippen LogP contribution >= 0.6 is 0 Å². The summed E-state index contributed by atoms with van der Waals surface area (Å²) in [4.78, 5) is 26.6. The van der Waals surface area contributed by atoms with Crippen LogP contribution in [0.25, 0.3) is 5.69 Å². The van der Waals surface area contributed by atoms with Gasteiger partial charge in [-0.1, -0.05) is 24.3 Å². The highest BCUT2D eigenvalue weighted by atomic mass is 19.4. The topological polar surface area (TPSA) is 104 Å². The average molecular weight is 541 g/mol. The molecule has 0 aliphatic carbocycles. The van der Waals surface area contributed by atoms with Crippen molar-refractivity contribution in [3.63, 3.8) is 0 Å². The fraction of sp³-hybridized carbons (Fsp3) is 0.269. The molecule has 2 aromatic carbocycles. The standard InChI is InChI=1S/C26H23F3N6O4/c1-14-22(25(37)35(33(14)2)16-6-4-3-5-7-16)32-24(36)17-12-30-34-21(26(27,28)29)11-18(31-23(17)34)15-8-9-19-20(10-15)39-13-38-19/h3-10,12,18,21,31H,11,13H2,1-2H3,(H,32,36)/t18-,21-/m1/s1. The van der Waals surface area contributed by atoms with Crippen molar-refractivity contribution in [2.24, 2.45) is 7.05 Å². The first kappa shape index (κ1) is 24.6. The van der Waals surface area contributed by atoms with Crippen LogP contribution in [0.2, 0.25) is 0 Å². The number of halogens is 3. The summed E-state index contributed by atoms with van der Waals surface area (Å²) in [5.74, 6) is 0.0818. The number of fused-ring (bicyclic) bond motifs is 2. The van der Waals surface area contributed by atoms with E-state index >= 15 is 0 Å². The van der Waals surface area contributed by atoms with Crippen molar-refractivity contribution in [1.29, 1.82) is 0 Å². The van der Waals surface area contributed by atoms with Crippen LogP contribution in [0.1, 0.15) is 40.1 Å². The SMILES string of the molecule is Cc1c(NC(=O)c2cnn3c2N[C@@H](c2ccc4c(c2)OCO4)C[C@@H]3C(F)(F)F)c(=O)n(-c2ccccc2)n1C. The van der Waals surface area contributed by atoms with Crippen LogP contribution in [-0.4, -0.2) is 38.0 Å². The molecule has 2 aliphatic heterocycles. The van der Waals surface area contributed by atoms with Gasteiger partial charge in [0.1, 0.15) is 17.1 Å². The zero-order valence-electron chi connectivity index (χ0n) is 20.8. The molecule has 0 radical (unpaired) electrons. The lowest BCUT2D eigenvalue weighted by molar-refractivity contribution is -0.173. The molecular formula is C26H23F3N6O4. The van der Waals surface area contributed by atoms with Crippen molar-refractivity contribution in [2.75, 3.05) is 17.4 Å². The summed E-state index contributed by atoms with van der Waals surface area (Å²) >= 11 is 0. The normalized spacial score (nSPS) is 18.0. The van der Waals surface area contributed by atoms with Gasteiger partial charge in [-0.2, -0.15) is 18.3 Å². The van der Waals surface area contributed by atoms with Gasteiger partial charge in [0, 0.05) is 13.5 Å². The fourth-order valence-electron chi connectivity index (χ4n) is 4.97. The summed E-state index contributed by atoms with van der Waals surface area (Å²) in [5, 5.41) is 9.56. The molecule has 0 saturated heterocycles. The van der Waals surface area contributed by atoms with Gasteiger partial charge in [-0.3, -0.25) is 14.3 Å². The minimum absolute atomic E-state index is 0.0156. The molecule has 0 unspecified atom stereocenters. The van der Waals surface area contributed by atoms with Crippen molar-refractivity contribution in [3.05, 3.63) is 81.9 Å². The van der Waals surface area contributed by atoms with Gasteiger partial charge >= 0.3 is 6.18 Å². The number of ether oxygens (including phenoxy) is 2. The second-order valence-electron chi connectivity index (χ2n) is 9.34. The van der Waals surface area contributed by atoms with Crippen LogP contribution in [0.15, 0.2) is 59.5 Å². The van der Waals surface area contributed by atoms with E-state index < -0.39 is 29.7 Å². The maximum absolute atomic E-state index is 14.1. The van der Waals surface area contributed by atoms with Crippen molar-refractivity contribution in [3.8, 4) is 17.2 Å². The molecule has 202 valence electrons. The third-order valence-electron chi connectivity index (χ3n) is 7.07. The van der Waals surface area contributed by atoms with Gasteiger partial charge in [0.2, 0.25) is 6.79 Å². The monoisotopic (exact) mass is 540 g/mol. The number of alkyl halides is 3. The smallest absolute Gasteiger partial charge is 0.410 e. The van der Waals surface area contributed by atoms with E-state index in [0.717, 1.165) is 10.9 Å². The van der Waals surface area contributed by atoms with E-state index in [9.17, 15) is 22.8 Å². The Morgan fingerprint density at radius 2 is 1.87 bits per heavy atom. The molecule has 6 rings (SSSR count). The highest BCUT2D eigenvalue weighted by Gasteiger charge is 2.47. The summed E-state index contributed by atoms with van der Waals surface area (Å²) in [7, 11) is 1.67. The molecule has 0 fully saturated rings. The predicted octanol–water partition coefficient (Wildman–Crippen LogP) is 4.32. The van der Waals surface area contributed by atoms with Gasteiger partial charge in [-0.15, -0.1) is 0 Å². The van der Waals surface area contributed by atoms with Crippen LogP contribution in [0.5, 0.6) is 11.5 Å². The number of benzene rings is 2. The summed E-state index contributed by atoms with van der Waals surface area (Å²) in [5.41, 5.74) is 1.02. The number of nitrogens with zero attached hydrogens (tertiary/aromatic N) is 4. The number of nitrogens with one attached hydrogen (secondary N) is 2. The Morgan fingerprint density at radius 3 is 2.62 bits per heavy atom. The maximum Gasteiger partial charge on any atom is 0.410 e. The highest BCUT2D eigenvalue weighted by Crippen LogP contribution is 2.45. The van der Waals surface area contributed by atoms with Crippen LogP contribution in [-0.2, 0) is 7.05 Å². The molecule has 13 heteroatoms. The average Bonchev–Trinajstić information content (AvgIpc) is 3.61. The second kappa shape index (κ2) is 8.96. The van der Waals surface area contributed by atoms with Crippen molar-refractivity contribution in [2.45, 2.75) is 31.6 Å². The lowest BCUT2D eigenvalue weighted by Crippen LogP contribution is -2.36. The number of anilines is 2. The van der Waals surface area contributed by atoms with E-state index in [-0.39, 0.29) is 30.3 Å². The predicted molar refractivity (Wildman–Crippen MR) is 135 cm³/mol. The van der Waals surface area contributed by atoms with Crippen molar-refractivity contribution >= 4 is 17.4 Å². The molecule has 4 aromatic rings. The number of hydrogen-bond donors (Lipinski definition) is 2. The van der Waals surface area contributed by atoms with E-state index in [1.807, 2.05) is 6.07 Å².